The van der Waals surface area contributed by atoms with Crippen LogP contribution in [-0.4, -0.2) is 38.9 Å². The van der Waals surface area contributed by atoms with Gasteiger partial charge in [-0.15, -0.1) is 0 Å². The molecule has 2 N–H and O–H groups in total. The molecule has 1 aliphatic rings. The molecule has 0 unspecified atom stereocenters. The molecular weight excluding hydrogens is 366 g/mol. The standard InChI is InChI=1S/C19H25N3O4S/c1-15-7-9-22(10-8-15)14-19(23)21-16-4-2-6-18(12-16)27(24,25)20-13-17-5-3-11-26-17/h2-6,11-12,15,20H,7-10,13-14H2,1H3,(H,21,23). The minimum absolute atomic E-state index is 0.0688. The minimum Gasteiger partial charge on any atom is -0.468 e. The molecule has 1 aliphatic heterocycles. The number of piperidine rings is 1. The lowest BCUT2D eigenvalue weighted by molar-refractivity contribution is -0.117. The minimum atomic E-state index is -3.70. The van der Waals surface area contributed by atoms with Gasteiger partial charge >= 0.3 is 0 Å². The van der Waals surface area contributed by atoms with Crippen molar-refractivity contribution < 1.29 is 17.6 Å². The summed E-state index contributed by atoms with van der Waals surface area (Å²) in [6.07, 6.45) is 3.69. The van der Waals surface area contributed by atoms with E-state index in [-0.39, 0.29) is 17.3 Å². The number of amides is 1. The number of sulfonamides is 1. The van der Waals surface area contributed by atoms with Crippen molar-refractivity contribution in [1.29, 1.82) is 0 Å². The normalized spacial score (nSPS) is 16.3. The van der Waals surface area contributed by atoms with Crippen LogP contribution in [0.25, 0.3) is 0 Å². The van der Waals surface area contributed by atoms with E-state index in [9.17, 15) is 13.2 Å². The van der Waals surface area contributed by atoms with Gasteiger partial charge in [0.05, 0.1) is 24.2 Å². The highest BCUT2D eigenvalue weighted by Gasteiger charge is 2.19. The van der Waals surface area contributed by atoms with E-state index in [0.717, 1.165) is 25.9 Å². The summed E-state index contributed by atoms with van der Waals surface area (Å²) >= 11 is 0. The molecule has 0 spiro atoms. The van der Waals surface area contributed by atoms with Crippen LogP contribution in [0.5, 0.6) is 0 Å². The fourth-order valence-electron chi connectivity index (χ4n) is 3.03. The number of carbonyl (C=O) groups excluding carboxylic acids is 1. The Labute approximate surface area is 159 Å². The van der Waals surface area contributed by atoms with Crippen molar-refractivity contribution in [3.8, 4) is 0 Å². The largest absolute Gasteiger partial charge is 0.468 e. The van der Waals surface area contributed by atoms with Gasteiger partial charge < -0.3 is 9.73 Å². The van der Waals surface area contributed by atoms with Gasteiger partial charge in [-0.3, -0.25) is 9.69 Å². The molecule has 27 heavy (non-hydrogen) atoms. The predicted molar refractivity (Wildman–Crippen MR) is 103 cm³/mol. The molecule has 146 valence electrons. The Balaban J connectivity index is 1.58. The number of nitrogens with one attached hydrogen (secondary N) is 2. The topological polar surface area (TPSA) is 91.7 Å². The Kier molecular flexibility index (Phi) is 6.30. The van der Waals surface area contributed by atoms with Crippen molar-refractivity contribution >= 4 is 21.6 Å². The van der Waals surface area contributed by atoms with E-state index in [2.05, 4.69) is 21.9 Å². The van der Waals surface area contributed by atoms with Crippen molar-refractivity contribution in [3.05, 3.63) is 48.4 Å². The molecule has 1 aromatic heterocycles. The Bertz CT molecular complexity index is 857. The van der Waals surface area contributed by atoms with Gasteiger partial charge in [0.15, 0.2) is 0 Å². The summed E-state index contributed by atoms with van der Waals surface area (Å²) in [6.45, 7) is 4.45. The van der Waals surface area contributed by atoms with Crippen LogP contribution in [-0.2, 0) is 21.4 Å². The Hall–Kier alpha value is -2.16. The lowest BCUT2D eigenvalue weighted by Crippen LogP contribution is -2.38. The number of hydrogen-bond donors (Lipinski definition) is 2. The molecule has 2 aromatic rings. The molecule has 8 heteroatoms. The van der Waals surface area contributed by atoms with Crippen LogP contribution in [0.1, 0.15) is 25.5 Å². The maximum atomic E-state index is 12.4. The summed E-state index contributed by atoms with van der Waals surface area (Å²) in [4.78, 5) is 14.5. The smallest absolute Gasteiger partial charge is 0.241 e. The number of carbonyl (C=O) groups is 1. The molecule has 1 amide bonds. The highest BCUT2D eigenvalue weighted by atomic mass is 32.2. The first kappa shape index (κ1) is 19.6. The average Bonchev–Trinajstić information content (AvgIpc) is 3.16. The number of hydrogen-bond acceptors (Lipinski definition) is 5. The number of benzene rings is 1. The van der Waals surface area contributed by atoms with Crippen LogP contribution in [0.4, 0.5) is 5.69 Å². The molecule has 0 radical (unpaired) electrons. The zero-order valence-corrected chi connectivity index (χ0v) is 16.2. The Morgan fingerprint density at radius 1 is 1.22 bits per heavy atom. The van der Waals surface area contributed by atoms with E-state index in [0.29, 0.717) is 23.9 Å². The highest BCUT2D eigenvalue weighted by Crippen LogP contribution is 2.18. The average molecular weight is 391 g/mol. The van der Waals surface area contributed by atoms with Crippen LogP contribution in [0, 0.1) is 5.92 Å². The molecule has 3 rings (SSSR count). The van der Waals surface area contributed by atoms with Crippen molar-refractivity contribution in [2.24, 2.45) is 5.92 Å². The first-order valence-electron chi connectivity index (χ1n) is 9.07. The summed E-state index contributed by atoms with van der Waals surface area (Å²) in [7, 11) is -3.70. The van der Waals surface area contributed by atoms with Crippen LogP contribution in [0.3, 0.4) is 0 Å². The van der Waals surface area contributed by atoms with Crippen molar-refractivity contribution in [1.82, 2.24) is 9.62 Å². The molecule has 1 fully saturated rings. The fraction of sp³-hybridized carbons (Fsp3) is 0.421. The van der Waals surface area contributed by atoms with Crippen LogP contribution >= 0.6 is 0 Å². The Morgan fingerprint density at radius 3 is 2.70 bits per heavy atom. The van der Waals surface area contributed by atoms with Gasteiger partial charge in [-0.05, 0) is 62.2 Å². The predicted octanol–water partition coefficient (Wildman–Crippen LogP) is 2.43. The van der Waals surface area contributed by atoms with E-state index >= 15 is 0 Å². The number of anilines is 1. The zero-order chi connectivity index (χ0) is 19.3. The molecule has 0 aliphatic carbocycles. The summed E-state index contributed by atoms with van der Waals surface area (Å²) in [5.74, 6) is 1.10. The lowest BCUT2D eigenvalue weighted by atomic mass is 9.99. The Morgan fingerprint density at radius 2 is 2.00 bits per heavy atom. The second-order valence-corrected chi connectivity index (χ2v) is 8.71. The number of likely N-dealkylation sites (tertiary alicyclic amines) is 1. The lowest BCUT2D eigenvalue weighted by Gasteiger charge is -2.29. The van der Waals surface area contributed by atoms with Crippen LogP contribution in [0.15, 0.2) is 52.0 Å². The summed E-state index contributed by atoms with van der Waals surface area (Å²) in [6, 6.07) is 9.64. The van der Waals surface area contributed by atoms with Gasteiger partial charge in [-0.1, -0.05) is 13.0 Å². The van der Waals surface area contributed by atoms with Gasteiger partial charge in [0, 0.05) is 5.69 Å². The zero-order valence-electron chi connectivity index (χ0n) is 15.3. The number of nitrogens with zero attached hydrogens (tertiary/aromatic N) is 1. The molecule has 0 atom stereocenters. The molecule has 1 saturated heterocycles. The molecule has 0 bridgehead atoms. The van der Waals surface area contributed by atoms with Crippen molar-refractivity contribution in [2.75, 3.05) is 25.0 Å². The van der Waals surface area contributed by atoms with Gasteiger partial charge in [-0.2, -0.15) is 0 Å². The third-order valence-corrected chi connectivity index (χ3v) is 6.09. The quantitative estimate of drug-likeness (QED) is 0.756. The highest BCUT2D eigenvalue weighted by molar-refractivity contribution is 7.89. The number of rotatable bonds is 7. The second kappa shape index (κ2) is 8.69. The molecular formula is C19H25N3O4S. The van der Waals surface area contributed by atoms with Gasteiger partial charge in [0.25, 0.3) is 0 Å². The van der Waals surface area contributed by atoms with Gasteiger partial charge in [0.2, 0.25) is 15.9 Å². The monoisotopic (exact) mass is 391 g/mol. The van der Waals surface area contributed by atoms with E-state index < -0.39 is 10.0 Å². The van der Waals surface area contributed by atoms with Gasteiger partial charge in [0.1, 0.15) is 5.76 Å². The van der Waals surface area contributed by atoms with E-state index in [4.69, 9.17) is 4.42 Å². The maximum absolute atomic E-state index is 12.4. The van der Waals surface area contributed by atoms with Crippen LogP contribution in [0.2, 0.25) is 0 Å². The maximum Gasteiger partial charge on any atom is 0.241 e. The SMILES string of the molecule is CC1CCN(CC(=O)Nc2cccc(S(=O)(=O)NCc3ccco3)c2)CC1. The van der Waals surface area contributed by atoms with Crippen LogP contribution < -0.4 is 10.0 Å². The third-order valence-electron chi connectivity index (χ3n) is 4.69. The molecule has 7 nitrogen and oxygen atoms in total. The van der Waals surface area contributed by atoms with Crippen molar-refractivity contribution in [2.45, 2.75) is 31.2 Å². The first-order valence-corrected chi connectivity index (χ1v) is 10.5. The van der Waals surface area contributed by atoms with E-state index in [1.54, 1.807) is 24.3 Å². The third kappa shape index (κ3) is 5.66. The van der Waals surface area contributed by atoms with Gasteiger partial charge in [-0.25, -0.2) is 13.1 Å². The molecule has 2 heterocycles. The summed E-state index contributed by atoms with van der Waals surface area (Å²) in [5.41, 5.74) is 0.464. The van der Waals surface area contributed by atoms with Crippen molar-refractivity contribution in [3.63, 3.8) is 0 Å². The van der Waals surface area contributed by atoms with E-state index in [1.807, 2.05) is 0 Å². The second-order valence-electron chi connectivity index (χ2n) is 6.94. The molecule has 1 aromatic carbocycles. The summed E-state index contributed by atoms with van der Waals surface area (Å²) < 4.78 is 32.5. The first-order chi connectivity index (χ1) is 12.9. The summed E-state index contributed by atoms with van der Waals surface area (Å²) in [5, 5.41) is 2.79. The fourth-order valence-corrected chi connectivity index (χ4v) is 4.07. The molecule has 0 saturated carbocycles. The number of furan rings is 1. The van der Waals surface area contributed by atoms with E-state index in [1.165, 1.54) is 18.4 Å².